The minimum Gasteiger partial charge on any atom is -0.293 e. The molecule has 1 nitrogen and oxygen atoms in total. The molecule has 1 aromatic rings. The van der Waals surface area contributed by atoms with Gasteiger partial charge in [0.05, 0.1) is 15.9 Å². The molecule has 0 saturated carbocycles. The summed E-state index contributed by atoms with van der Waals surface area (Å²) in [5.41, 5.74) is -1.64. The van der Waals surface area contributed by atoms with Crippen LogP contribution in [-0.4, -0.2) is 11.7 Å². The highest BCUT2D eigenvalue weighted by atomic mass is 79.9. The molecule has 0 aliphatic carbocycles. The summed E-state index contributed by atoms with van der Waals surface area (Å²) in [7, 11) is 0. The molecule has 0 N–H and O–H groups in total. The second-order valence-corrected chi connectivity index (χ2v) is 3.93. The van der Waals surface area contributed by atoms with E-state index in [1.807, 2.05) is 0 Å². The summed E-state index contributed by atoms with van der Waals surface area (Å²) in [6, 6.07) is 1.28. The van der Waals surface area contributed by atoms with Gasteiger partial charge in [-0.25, -0.2) is 4.39 Å². The predicted molar refractivity (Wildman–Crippen MR) is 54.2 cm³/mol. The van der Waals surface area contributed by atoms with Gasteiger partial charge < -0.3 is 0 Å². The van der Waals surface area contributed by atoms with E-state index in [-0.39, 0.29) is 0 Å². The Kier molecular flexibility index (Phi) is 3.96. The number of ketones is 1. The third-order valence-electron chi connectivity index (χ3n) is 1.78. The smallest absolute Gasteiger partial charge is 0.293 e. The number of benzene rings is 1. The zero-order valence-corrected chi connectivity index (χ0v) is 9.88. The molecule has 0 bridgehead atoms. The van der Waals surface area contributed by atoms with Crippen molar-refractivity contribution >= 4 is 33.3 Å². The normalized spacial score (nSPS) is 11.6. The molecule has 0 atom stereocenters. The maximum Gasteiger partial charge on any atom is 0.417 e. The van der Waals surface area contributed by atoms with E-state index in [0.717, 1.165) is 0 Å². The third kappa shape index (κ3) is 2.74. The number of Topliss-reactive ketones (excluding diaryl/α,β-unsaturated/α-hetero) is 1. The Morgan fingerprint density at radius 2 is 1.94 bits per heavy atom. The summed E-state index contributed by atoms with van der Waals surface area (Å²) in [5.74, 6) is -2.42. The van der Waals surface area contributed by atoms with Crippen molar-refractivity contribution in [3.05, 3.63) is 33.5 Å². The molecule has 0 unspecified atom stereocenters. The van der Waals surface area contributed by atoms with Crippen LogP contribution >= 0.6 is 27.5 Å². The number of alkyl halides is 4. The Hall–Kier alpha value is -0.620. The number of carbonyl (C=O) groups excluding carboxylic acids is 1. The van der Waals surface area contributed by atoms with Crippen LogP contribution in [0.3, 0.4) is 0 Å². The average Bonchev–Trinajstić information content (AvgIpc) is 2.18. The van der Waals surface area contributed by atoms with Crippen LogP contribution in [0.2, 0.25) is 0 Å². The largest absolute Gasteiger partial charge is 0.417 e. The molecule has 1 aromatic carbocycles. The van der Waals surface area contributed by atoms with Crippen LogP contribution in [0.25, 0.3) is 0 Å². The van der Waals surface area contributed by atoms with Crippen LogP contribution in [0.4, 0.5) is 17.6 Å². The summed E-state index contributed by atoms with van der Waals surface area (Å²) in [6.07, 6.45) is -4.73. The van der Waals surface area contributed by atoms with Gasteiger partial charge in [0.1, 0.15) is 5.82 Å². The van der Waals surface area contributed by atoms with Gasteiger partial charge in [-0.05, 0) is 28.1 Å². The molecule has 0 spiro atoms. The molecule has 88 valence electrons. The van der Waals surface area contributed by atoms with E-state index in [1.54, 1.807) is 0 Å². The molecule has 0 radical (unpaired) electrons. The first-order valence-electron chi connectivity index (χ1n) is 3.92. The lowest BCUT2D eigenvalue weighted by Crippen LogP contribution is -2.10. The number of rotatable bonds is 2. The highest BCUT2D eigenvalue weighted by Crippen LogP contribution is 2.36. The van der Waals surface area contributed by atoms with Crippen LogP contribution in [0.5, 0.6) is 0 Å². The Morgan fingerprint density at radius 1 is 1.38 bits per heavy atom. The molecule has 0 fully saturated rings. The van der Waals surface area contributed by atoms with Gasteiger partial charge in [0.15, 0.2) is 5.78 Å². The molecule has 7 heteroatoms. The fraction of sp³-hybridized carbons (Fsp3) is 0.222. The second-order valence-electron chi connectivity index (χ2n) is 2.87. The van der Waals surface area contributed by atoms with E-state index in [0.29, 0.717) is 12.1 Å². The SMILES string of the molecule is O=C(CCl)c1cc(F)c(Br)c(C(F)(F)F)c1. The number of hydrogen-bond donors (Lipinski definition) is 0. The van der Waals surface area contributed by atoms with Gasteiger partial charge >= 0.3 is 6.18 Å². The maximum absolute atomic E-state index is 13.1. The highest BCUT2D eigenvalue weighted by molar-refractivity contribution is 9.10. The fourth-order valence-electron chi connectivity index (χ4n) is 1.03. The van der Waals surface area contributed by atoms with Gasteiger partial charge in [0.2, 0.25) is 0 Å². The van der Waals surface area contributed by atoms with Crippen molar-refractivity contribution in [2.24, 2.45) is 0 Å². The van der Waals surface area contributed by atoms with Gasteiger partial charge in [0.25, 0.3) is 0 Å². The summed E-state index contributed by atoms with van der Waals surface area (Å²) in [6.45, 7) is 0. The van der Waals surface area contributed by atoms with Crippen molar-refractivity contribution in [1.82, 2.24) is 0 Å². The minimum atomic E-state index is -4.73. The lowest BCUT2D eigenvalue weighted by Gasteiger charge is -2.11. The van der Waals surface area contributed by atoms with Gasteiger partial charge in [-0.3, -0.25) is 4.79 Å². The molecule has 16 heavy (non-hydrogen) atoms. The minimum absolute atomic E-state index is 0.400. The van der Waals surface area contributed by atoms with Crippen molar-refractivity contribution in [2.75, 3.05) is 5.88 Å². The first kappa shape index (κ1) is 13.4. The summed E-state index contributed by atoms with van der Waals surface area (Å²) in [5, 5.41) is 0. The van der Waals surface area contributed by atoms with Crippen LogP contribution < -0.4 is 0 Å². The summed E-state index contributed by atoms with van der Waals surface area (Å²) < 4.78 is 49.7. The topological polar surface area (TPSA) is 17.1 Å². The Balaban J connectivity index is 3.39. The summed E-state index contributed by atoms with van der Waals surface area (Å²) >= 11 is 7.66. The molecule has 1 rings (SSSR count). The second kappa shape index (κ2) is 4.71. The fourth-order valence-corrected chi connectivity index (χ4v) is 1.64. The Labute approximate surface area is 102 Å². The zero-order chi connectivity index (χ0) is 12.5. The van der Waals surface area contributed by atoms with E-state index in [1.165, 1.54) is 0 Å². The van der Waals surface area contributed by atoms with Gasteiger partial charge in [0, 0.05) is 5.56 Å². The Morgan fingerprint density at radius 3 is 2.38 bits per heavy atom. The first-order chi connectivity index (χ1) is 7.27. The van der Waals surface area contributed by atoms with Crippen LogP contribution in [0, 0.1) is 5.82 Å². The highest BCUT2D eigenvalue weighted by Gasteiger charge is 2.35. The van der Waals surface area contributed by atoms with Gasteiger partial charge in [-0.2, -0.15) is 13.2 Å². The van der Waals surface area contributed by atoms with E-state index in [9.17, 15) is 22.4 Å². The lowest BCUT2D eigenvalue weighted by molar-refractivity contribution is -0.138. The summed E-state index contributed by atoms with van der Waals surface area (Å²) in [4.78, 5) is 11.1. The molecule has 0 aliphatic rings. The third-order valence-corrected chi connectivity index (χ3v) is 2.83. The van der Waals surface area contributed by atoms with Crippen molar-refractivity contribution in [3.63, 3.8) is 0 Å². The molecular formula is C9H4BrClF4O. The van der Waals surface area contributed by atoms with E-state index in [2.05, 4.69) is 15.9 Å². The number of hydrogen-bond acceptors (Lipinski definition) is 1. The van der Waals surface area contributed by atoms with Crippen LogP contribution in [0.1, 0.15) is 15.9 Å². The maximum atomic E-state index is 13.1. The molecule has 0 aromatic heterocycles. The molecule has 0 saturated heterocycles. The van der Waals surface area contributed by atoms with Crippen molar-refractivity contribution in [2.45, 2.75) is 6.18 Å². The standard InChI is InChI=1S/C9H4BrClF4O/c10-8-5(9(13,14)15)1-4(2-6(8)12)7(16)3-11/h1-2H,3H2. The number of halogens is 6. The van der Waals surface area contributed by atoms with E-state index < -0.39 is 39.3 Å². The van der Waals surface area contributed by atoms with Gasteiger partial charge in [-0.1, -0.05) is 0 Å². The van der Waals surface area contributed by atoms with Crippen molar-refractivity contribution < 1.29 is 22.4 Å². The zero-order valence-electron chi connectivity index (χ0n) is 7.54. The quantitative estimate of drug-likeness (QED) is 0.457. The predicted octanol–water partition coefficient (Wildman–Crippen LogP) is 4.03. The average molecular weight is 319 g/mol. The molecule has 0 amide bonds. The van der Waals surface area contributed by atoms with E-state index in [4.69, 9.17) is 11.6 Å². The molecule has 0 heterocycles. The lowest BCUT2D eigenvalue weighted by atomic mass is 10.1. The first-order valence-corrected chi connectivity index (χ1v) is 5.25. The van der Waals surface area contributed by atoms with Crippen LogP contribution in [-0.2, 0) is 6.18 Å². The van der Waals surface area contributed by atoms with Crippen molar-refractivity contribution in [3.8, 4) is 0 Å². The molecule has 0 aliphatic heterocycles. The Bertz CT molecular complexity index is 430. The van der Waals surface area contributed by atoms with Crippen LogP contribution in [0.15, 0.2) is 16.6 Å². The van der Waals surface area contributed by atoms with Crippen molar-refractivity contribution in [1.29, 1.82) is 0 Å². The molecular weight excluding hydrogens is 315 g/mol. The van der Waals surface area contributed by atoms with Gasteiger partial charge in [-0.15, -0.1) is 11.6 Å². The number of carbonyl (C=O) groups is 1. The monoisotopic (exact) mass is 318 g/mol. The van der Waals surface area contributed by atoms with E-state index >= 15 is 0 Å².